The summed E-state index contributed by atoms with van der Waals surface area (Å²) in [5.41, 5.74) is 1.10. The highest BCUT2D eigenvalue weighted by molar-refractivity contribution is 6.31. The van der Waals surface area contributed by atoms with Crippen molar-refractivity contribution < 1.29 is 0 Å². The molecule has 1 aliphatic heterocycles. The second-order valence-electron chi connectivity index (χ2n) is 4.57. The first-order valence-corrected chi connectivity index (χ1v) is 6.52. The van der Waals surface area contributed by atoms with Gasteiger partial charge >= 0.3 is 0 Å². The van der Waals surface area contributed by atoms with E-state index in [1.165, 1.54) is 0 Å². The summed E-state index contributed by atoms with van der Waals surface area (Å²) >= 11 is 6.18. The maximum absolute atomic E-state index is 6.18. The first-order valence-electron chi connectivity index (χ1n) is 6.14. The maximum Gasteiger partial charge on any atom is 0.149 e. The molecule has 1 N–H and O–H groups in total. The van der Waals surface area contributed by atoms with E-state index in [9.17, 15) is 0 Å². The van der Waals surface area contributed by atoms with Gasteiger partial charge in [0.2, 0.25) is 0 Å². The molecule has 18 heavy (non-hydrogen) atoms. The van der Waals surface area contributed by atoms with Crippen LogP contribution in [0.2, 0.25) is 5.02 Å². The van der Waals surface area contributed by atoms with Crippen LogP contribution in [0, 0.1) is 0 Å². The van der Waals surface area contributed by atoms with Crippen LogP contribution in [0.3, 0.4) is 0 Å². The van der Waals surface area contributed by atoms with Crippen LogP contribution in [0.15, 0.2) is 24.3 Å². The molecule has 1 unspecified atom stereocenters. The maximum atomic E-state index is 6.18. The SMILES string of the molecule is CC1NCCn2c(Cc3ccccc3Cl)nnc21. The lowest BCUT2D eigenvalue weighted by atomic mass is 10.1. The Hall–Kier alpha value is -1.39. The number of nitrogens with zero attached hydrogens (tertiary/aromatic N) is 3. The lowest BCUT2D eigenvalue weighted by Crippen LogP contribution is -2.32. The van der Waals surface area contributed by atoms with Gasteiger partial charge in [0.25, 0.3) is 0 Å². The van der Waals surface area contributed by atoms with Crippen molar-refractivity contribution in [1.82, 2.24) is 20.1 Å². The number of nitrogens with one attached hydrogen (secondary N) is 1. The molecule has 2 aromatic rings. The topological polar surface area (TPSA) is 42.7 Å². The fraction of sp³-hybridized carbons (Fsp3) is 0.385. The average molecular weight is 263 g/mol. The van der Waals surface area contributed by atoms with Gasteiger partial charge < -0.3 is 9.88 Å². The zero-order chi connectivity index (χ0) is 12.5. The van der Waals surface area contributed by atoms with Crippen LogP contribution >= 0.6 is 11.6 Å². The van der Waals surface area contributed by atoms with Crippen LogP contribution in [0.5, 0.6) is 0 Å². The molecule has 0 fully saturated rings. The Balaban J connectivity index is 1.92. The van der Waals surface area contributed by atoms with E-state index in [1.807, 2.05) is 24.3 Å². The molecule has 0 radical (unpaired) electrons. The Morgan fingerprint density at radius 1 is 1.39 bits per heavy atom. The second-order valence-corrected chi connectivity index (χ2v) is 4.98. The van der Waals surface area contributed by atoms with Crippen molar-refractivity contribution in [3.63, 3.8) is 0 Å². The van der Waals surface area contributed by atoms with Crippen LogP contribution in [-0.2, 0) is 13.0 Å². The van der Waals surface area contributed by atoms with Gasteiger partial charge in [-0.3, -0.25) is 0 Å². The van der Waals surface area contributed by atoms with Gasteiger partial charge in [-0.05, 0) is 18.6 Å². The summed E-state index contributed by atoms with van der Waals surface area (Å²) in [7, 11) is 0. The molecule has 0 saturated heterocycles. The first kappa shape index (κ1) is 11.7. The fourth-order valence-electron chi connectivity index (χ4n) is 2.34. The number of benzene rings is 1. The molecule has 2 heterocycles. The standard InChI is InChI=1S/C13H15ClN4/c1-9-13-17-16-12(18(13)7-6-15-9)8-10-4-2-3-5-11(10)14/h2-5,9,15H,6-8H2,1H3. The zero-order valence-electron chi connectivity index (χ0n) is 10.2. The van der Waals surface area contributed by atoms with Crippen LogP contribution in [0.25, 0.3) is 0 Å². The van der Waals surface area contributed by atoms with Crippen LogP contribution in [0.4, 0.5) is 0 Å². The van der Waals surface area contributed by atoms with Crippen molar-refractivity contribution in [1.29, 1.82) is 0 Å². The van der Waals surface area contributed by atoms with E-state index in [0.29, 0.717) is 0 Å². The third-order valence-corrected chi connectivity index (χ3v) is 3.70. The van der Waals surface area contributed by atoms with Crippen LogP contribution < -0.4 is 5.32 Å². The minimum Gasteiger partial charge on any atom is -0.312 e. The van der Waals surface area contributed by atoms with E-state index in [4.69, 9.17) is 11.6 Å². The predicted molar refractivity (Wildman–Crippen MR) is 70.7 cm³/mol. The van der Waals surface area contributed by atoms with Gasteiger partial charge in [-0.2, -0.15) is 0 Å². The minimum atomic E-state index is 0.270. The molecule has 0 aliphatic carbocycles. The van der Waals surface area contributed by atoms with E-state index in [0.717, 1.165) is 41.7 Å². The summed E-state index contributed by atoms with van der Waals surface area (Å²) in [6.07, 6.45) is 0.736. The Morgan fingerprint density at radius 2 is 2.22 bits per heavy atom. The molecular weight excluding hydrogens is 248 g/mol. The van der Waals surface area contributed by atoms with Crippen molar-refractivity contribution in [3.8, 4) is 0 Å². The number of hydrogen-bond acceptors (Lipinski definition) is 3. The van der Waals surface area contributed by atoms with Crippen molar-refractivity contribution in [2.24, 2.45) is 0 Å². The van der Waals surface area contributed by atoms with E-state index >= 15 is 0 Å². The van der Waals surface area contributed by atoms with Crippen molar-refractivity contribution in [2.45, 2.75) is 25.9 Å². The van der Waals surface area contributed by atoms with Crippen molar-refractivity contribution >= 4 is 11.6 Å². The number of fused-ring (bicyclic) bond motifs is 1. The summed E-state index contributed by atoms with van der Waals surface area (Å²) in [5.74, 6) is 2.01. The molecule has 5 heteroatoms. The summed E-state index contributed by atoms with van der Waals surface area (Å²) in [5, 5.41) is 12.7. The smallest absolute Gasteiger partial charge is 0.149 e. The largest absolute Gasteiger partial charge is 0.312 e. The Morgan fingerprint density at radius 3 is 3.06 bits per heavy atom. The average Bonchev–Trinajstić information content (AvgIpc) is 2.77. The highest BCUT2D eigenvalue weighted by atomic mass is 35.5. The van der Waals surface area contributed by atoms with E-state index in [1.54, 1.807) is 0 Å². The molecule has 94 valence electrons. The molecule has 1 aromatic carbocycles. The van der Waals surface area contributed by atoms with Gasteiger partial charge in [-0.1, -0.05) is 29.8 Å². The second kappa shape index (κ2) is 4.71. The monoisotopic (exact) mass is 262 g/mol. The van der Waals surface area contributed by atoms with Crippen molar-refractivity contribution in [2.75, 3.05) is 6.54 Å². The van der Waals surface area contributed by atoms with Gasteiger partial charge in [0.1, 0.15) is 11.6 Å². The van der Waals surface area contributed by atoms with E-state index in [-0.39, 0.29) is 6.04 Å². The van der Waals surface area contributed by atoms with Gasteiger partial charge in [-0.15, -0.1) is 10.2 Å². The van der Waals surface area contributed by atoms with Crippen molar-refractivity contribution in [3.05, 3.63) is 46.5 Å². The van der Waals surface area contributed by atoms with Gasteiger partial charge in [-0.25, -0.2) is 0 Å². The molecule has 1 atom stereocenters. The molecule has 0 amide bonds. The van der Waals surface area contributed by atoms with E-state index in [2.05, 4.69) is 27.0 Å². The van der Waals surface area contributed by atoms with Gasteiger partial charge in [0, 0.05) is 24.5 Å². The number of aromatic nitrogens is 3. The number of hydrogen-bond donors (Lipinski definition) is 1. The van der Waals surface area contributed by atoms with E-state index < -0.39 is 0 Å². The number of rotatable bonds is 2. The highest BCUT2D eigenvalue weighted by Crippen LogP contribution is 2.21. The molecule has 1 aromatic heterocycles. The zero-order valence-corrected chi connectivity index (χ0v) is 11.0. The molecule has 0 bridgehead atoms. The lowest BCUT2D eigenvalue weighted by molar-refractivity contribution is 0.431. The molecule has 0 saturated carbocycles. The minimum absolute atomic E-state index is 0.270. The Kier molecular flexibility index (Phi) is 3.06. The first-order chi connectivity index (χ1) is 8.75. The molecule has 0 spiro atoms. The highest BCUT2D eigenvalue weighted by Gasteiger charge is 2.21. The predicted octanol–water partition coefficient (Wildman–Crippen LogP) is 2.19. The lowest BCUT2D eigenvalue weighted by Gasteiger charge is -2.22. The molecule has 3 rings (SSSR count). The normalized spacial score (nSPS) is 18.7. The number of halogens is 1. The Labute approximate surface area is 111 Å². The van der Waals surface area contributed by atoms with Crippen LogP contribution in [0.1, 0.15) is 30.2 Å². The third-order valence-electron chi connectivity index (χ3n) is 3.34. The summed E-state index contributed by atoms with van der Waals surface area (Å²) < 4.78 is 2.20. The summed E-state index contributed by atoms with van der Waals surface area (Å²) in [6.45, 7) is 3.99. The van der Waals surface area contributed by atoms with Gasteiger partial charge in [0.15, 0.2) is 0 Å². The molecule has 4 nitrogen and oxygen atoms in total. The Bertz CT molecular complexity index is 564. The molecule has 1 aliphatic rings. The third kappa shape index (κ3) is 2.02. The summed E-state index contributed by atoms with van der Waals surface area (Å²) in [6, 6.07) is 8.16. The fourth-order valence-corrected chi connectivity index (χ4v) is 2.54. The van der Waals surface area contributed by atoms with Crippen LogP contribution in [-0.4, -0.2) is 21.3 Å². The van der Waals surface area contributed by atoms with Gasteiger partial charge in [0.05, 0.1) is 6.04 Å². The summed E-state index contributed by atoms with van der Waals surface area (Å²) in [4.78, 5) is 0. The quantitative estimate of drug-likeness (QED) is 0.902. The molecular formula is C13H15ClN4.